The third kappa shape index (κ3) is 3.32. The number of hydrogen-bond acceptors (Lipinski definition) is 5. The molecule has 1 aromatic heterocycles. The van der Waals surface area contributed by atoms with Crippen molar-refractivity contribution < 1.29 is 9.84 Å². The number of benzene rings is 1. The highest BCUT2D eigenvalue weighted by Gasteiger charge is 2.42. The first-order chi connectivity index (χ1) is 12.0. The molecule has 0 unspecified atom stereocenters. The number of fused-ring (bicyclic) bond motifs is 2. The van der Waals surface area contributed by atoms with E-state index in [1.807, 2.05) is 24.3 Å². The van der Waals surface area contributed by atoms with Crippen molar-refractivity contribution >= 4 is 0 Å². The van der Waals surface area contributed by atoms with Gasteiger partial charge in [-0.15, -0.1) is 0 Å². The van der Waals surface area contributed by atoms with Crippen LogP contribution in [0.2, 0.25) is 0 Å². The number of aliphatic hydroxyl groups is 1. The molecular weight excluding hydrogens is 318 g/mol. The number of methoxy groups -OCH3 is 1. The molecule has 2 aliphatic heterocycles. The van der Waals surface area contributed by atoms with E-state index in [0.717, 1.165) is 24.2 Å². The number of ether oxygens (including phenoxy) is 1. The molecule has 132 valence electrons. The average Bonchev–Trinajstić information content (AvgIpc) is 2.96. The predicted octanol–water partition coefficient (Wildman–Crippen LogP) is 1.56. The third-order valence-electron chi connectivity index (χ3n) is 5.28. The van der Waals surface area contributed by atoms with Crippen molar-refractivity contribution in [3.8, 4) is 17.0 Å². The number of nitrogens with zero attached hydrogens (tertiary/aromatic N) is 2. The highest BCUT2D eigenvalue weighted by molar-refractivity contribution is 5.59. The van der Waals surface area contributed by atoms with Crippen molar-refractivity contribution in [1.82, 2.24) is 15.1 Å². The van der Waals surface area contributed by atoms with Gasteiger partial charge < -0.3 is 15.2 Å². The minimum absolute atomic E-state index is 0.184. The van der Waals surface area contributed by atoms with E-state index < -0.39 is 5.60 Å². The molecule has 1 aromatic carbocycles. The number of aromatic nitrogens is 2. The summed E-state index contributed by atoms with van der Waals surface area (Å²) in [5, 5.41) is 19.0. The molecule has 2 aliphatic rings. The van der Waals surface area contributed by atoms with Crippen LogP contribution in [0.25, 0.3) is 11.3 Å². The normalized spacial score (nSPS) is 28.1. The molecule has 2 aromatic rings. The fraction of sp³-hybridized carbons (Fsp3) is 0.474. The molecule has 0 saturated carbocycles. The second-order valence-electron chi connectivity index (χ2n) is 7.21. The molecule has 4 rings (SSSR count). The molecule has 6 nitrogen and oxygen atoms in total. The molecule has 3 heterocycles. The minimum Gasteiger partial charge on any atom is -0.497 e. The quantitative estimate of drug-likeness (QED) is 0.883. The van der Waals surface area contributed by atoms with Crippen LogP contribution < -0.4 is 15.6 Å². The first kappa shape index (κ1) is 16.3. The summed E-state index contributed by atoms with van der Waals surface area (Å²) in [5.74, 6) is 0.775. The summed E-state index contributed by atoms with van der Waals surface area (Å²) in [6.07, 6.45) is 3.54. The van der Waals surface area contributed by atoms with Crippen LogP contribution in [0.4, 0.5) is 0 Å². The molecule has 2 saturated heterocycles. The van der Waals surface area contributed by atoms with E-state index in [2.05, 4.69) is 10.4 Å². The number of hydrogen-bond donors (Lipinski definition) is 2. The second-order valence-corrected chi connectivity index (χ2v) is 7.21. The van der Waals surface area contributed by atoms with Crippen molar-refractivity contribution in [1.29, 1.82) is 0 Å². The van der Waals surface area contributed by atoms with E-state index in [4.69, 9.17) is 4.74 Å². The van der Waals surface area contributed by atoms with Crippen LogP contribution in [0.1, 0.15) is 25.7 Å². The van der Waals surface area contributed by atoms with Gasteiger partial charge in [-0.3, -0.25) is 4.79 Å². The fourth-order valence-electron chi connectivity index (χ4n) is 4.11. The van der Waals surface area contributed by atoms with Crippen LogP contribution in [0.15, 0.2) is 41.2 Å². The van der Waals surface area contributed by atoms with E-state index in [1.54, 1.807) is 13.2 Å². The molecule has 25 heavy (non-hydrogen) atoms. The highest BCUT2D eigenvalue weighted by atomic mass is 16.5. The van der Waals surface area contributed by atoms with Crippen molar-refractivity contribution in [2.75, 3.05) is 7.11 Å². The lowest BCUT2D eigenvalue weighted by Gasteiger charge is -2.37. The molecule has 0 spiro atoms. The Kier molecular flexibility index (Phi) is 4.09. The largest absolute Gasteiger partial charge is 0.497 e. The summed E-state index contributed by atoms with van der Waals surface area (Å²) in [5.41, 5.74) is 0.568. The van der Waals surface area contributed by atoms with Gasteiger partial charge in [-0.2, -0.15) is 5.10 Å². The Labute approximate surface area is 146 Å². The smallest absolute Gasteiger partial charge is 0.266 e. The zero-order chi connectivity index (χ0) is 17.4. The van der Waals surface area contributed by atoms with Crippen molar-refractivity contribution in [3.05, 3.63) is 46.8 Å². The predicted molar refractivity (Wildman–Crippen MR) is 94.6 cm³/mol. The van der Waals surface area contributed by atoms with Gasteiger partial charge in [-0.05, 0) is 56.0 Å². The van der Waals surface area contributed by atoms with Crippen LogP contribution in [0.5, 0.6) is 5.75 Å². The van der Waals surface area contributed by atoms with Gasteiger partial charge in [-0.25, -0.2) is 4.68 Å². The second kappa shape index (κ2) is 6.28. The van der Waals surface area contributed by atoms with E-state index in [1.165, 1.54) is 10.7 Å². The first-order valence-electron chi connectivity index (χ1n) is 8.76. The maximum absolute atomic E-state index is 12.3. The topological polar surface area (TPSA) is 76.4 Å². The lowest BCUT2D eigenvalue weighted by Crippen LogP contribution is -2.51. The number of rotatable bonds is 4. The summed E-state index contributed by atoms with van der Waals surface area (Å²) in [4.78, 5) is 12.3. The Morgan fingerprint density at radius 3 is 2.52 bits per heavy atom. The van der Waals surface area contributed by atoms with Crippen LogP contribution in [0, 0.1) is 0 Å². The van der Waals surface area contributed by atoms with Crippen molar-refractivity contribution in [2.24, 2.45) is 0 Å². The summed E-state index contributed by atoms with van der Waals surface area (Å²) < 4.78 is 6.58. The Hall–Kier alpha value is -2.18. The van der Waals surface area contributed by atoms with Crippen LogP contribution in [-0.4, -0.2) is 39.7 Å². The lowest BCUT2D eigenvalue weighted by molar-refractivity contribution is -0.0249. The van der Waals surface area contributed by atoms with E-state index in [9.17, 15) is 9.90 Å². The molecule has 2 N–H and O–H groups in total. The Morgan fingerprint density at radius 1 is 1.20 bits per heavy atom. The van der Waals surface area contributed by atoms with Crippen molar-refractivity contribution in [2.45, 2.75) is 49.9 Å². The summed E-state index contributed by atoms with van der Waals surface area (Å²) in [7, 11) is 1.63. The van der Waals surface area contributed by atoms with Crippen LogP contribution in [-0.2, 0) is 6.54 Å². The monoisotopic (exact) mass is 341 g/mol. The van der Waals surface area contributed by atoms with E-state index in [-0.39, 0.29) is 12.1 Å². The SMILES string of the molecule is COc1ccc(-c2ccc(=O)n(CC3(O)C[C@H]4CC[C@H](C3)N4)n2)cc1. The zero-order valence-electron chi connectivity index (χ0n) is 14.3. The maximum Gasteiger partial charge on any atom is 0.266 e. The first-order valence-corrected chi connectivity index (χ1v) is 8.76. The van der Waals surface area contributed by atoms with Gasteiger partial charge in [0.25, 0.3) is 5.56 Å². The van der Waals surface area contributed by atoms with Gasteiger partial charge in [0.05, 0.1) is 24.9 Å². The molecule has 6 heteroatoms. The number of piperidine rings is 1. The zero-order valence-corrected chi connectivity index (χ0v) is 14.3. The third-order valence-corrected chi connectivity index (χ3v) is 5.28. The molecule has 2 bridgehead atoms. The van der Waals surface area contributed by atoms with Gasteiger partial charge in [0.1, 0.15) is 5.75 Å². The standard InChI is InChI=1S/C19H23N3O3/c1-25-16-6-2-13(3-7-16)17-8-9-18(23)22(21-17)12-19(24)10-14-4-5-15(11-19)20-14/h2-3,6-9,14-15,20,24H,4-5,10-12H2,1H3/t14-,15-/m1/s1. The molecule has 2 fully saturated rings. The summed E-state index contributed by atoms with van der Waals surface area (Å²) in [6.45, 7) is 0.241. The van der Waals surface area contributed by atoms with E-state index >= 15 is 0 Å². The van der Waals surface area contributed by atoms with E-state index in [0.29, 0.717) is 30.6 Å². The molecule has 2 atom stereocenters. The average molecular weight is 341 g/mol. The molecule has 0 aliphatic carbocycles. The van der Waals surface area contributed by atoms with Crippen molar-refractivity contribution in [3.63, 3.8) is 0 Å². The van der Waals surface area contributed by atoms with Crippen LogP contribution >= 0.6 is 0 Å². The van der Waals surface area contributed by atoms with Gasteiger partial charge in [0.2, 0.25) is 0 Å². The highest BCUT2D eigenvalue weighted by Crippen LogP contribution is 2.34. The Balaban J connectivity index is 1.60. The van der Waals surface area contributed by atoms with Crippen LogP contribution in [0.3, 0.4) is 0 Å². The fourth-order valence-corrected chi connectivity index (χ4v) is 4.11. The molecule has 0 radical (unpaired) electrons. The lowest BCUT2D eigenvalue weighted by atomic mass is 9.87. The molecular formula is C19H23N3O3. The van der Waals surface area contributed by atoms with Gasteiger partial charge in [-0.1, -0.05) is 0 Å². The van der Waals surface area contributed by atoms with Gasteiger partial charge in [0.15, 0.2) is 0 Å². The summed E-state index contributed by atoms with van der Waals surface area (Å²) in [6, 6.07) is 11.5. The molecule has 0 amide bonds. The number of nitrogens with one attached hydrogen (secondary N) is 1. The summed E-state index contributed by atoms with van der Waals surface area (Å²) >= 11 is 0. The van der Waals surface area contributed by atoms with Gasteiger partial charge in [0, 0.05) is 23.7 Å². The Bertz CT molecular complexity index is 803. The Morgan fingerprint density at radius 2 is 1.88 bits per heavy atom. The minimum atomic E-state index is -0.869. The van der Waals surface area contributed by atoms with Gasteiger partial charge >= 0.3 is 0 Å². The maximum atomic E-state index is 12.3.